The summed E-state index contributed by atoms with van der Waals surface area (Å²) in [5.74, 6) is 0.288. The van der Waals surface area contributed by atoms with Crippen LogP contribution >= 0.6 is 24.0 Å². The van der Waals surface area contributed by atoms with E-state index in [1.807, 2.05) is 0 Å². The first kappa shape index (κ1) is 10.2. The quantitative estimate of drug-likeness (QED) is 0.796. The number of nitrogens with one attached hydrogen (secondary N) is 1. The van der Waals surface area contributed by atoms with Crippen LogP contribution in [0.2, 0.25) is 0 Å². The number of amides is 1. The Balaban J connectivity index is 1.93. The maximum Gasteiger partial charge on any atom is 0.261 e. The summed E-state index contributed by atoms with van der Waals surface area (Å²) in [5, 5.41) is 8.04. The van der Waals surface area contributed by atoms with Crippen molar-refractivity contribution >= 4 is 29.9 Å². The van der Waals surface area contributed by atoms with E-state index >= 15 is 0 Å². The van der Waals surface area contributed by atoms with E-state index in [1.54, 1.807) is 11.4 Å². The monoisotopic (exact) mass is 241 g/mol. The van der Waals surface area contributed by atoms with Crippen molar-refractivity contribution in [3.05, 3.63) is 28.5 Å². The normalized spacial score (nSPS) is 10.2. The lowest BCUT2D eigenvalue weighted by Crippen LogP contribution is -2.22. The Kier molecular flexibility index (Phi) is 3.02. The van der Waals surface area contributed by atoms with E-state index in [2.05, 4.69) is 32.6 Å². The minimum Gasteiger partial charge on any atom is -0.344 e. The molecule has 2 heterocycles. The van der Waals surface area contributed by atoms with Crippen LogP contribution in [0.3, 0.4) is 0 Å². The van der Waals surface area contributed by atoms with Gasteiger partial charge in [0, 0.05) is 10.3 Å². The van der Waals surface area contributed by atoms with Crippen LogP contribution in [0.15, 0.2) is 27.3 Å². The van der Waals surface area contributed by atoms with Gasteiger partial charge in [-0.1, -0.05) is 5.16 Å². The van der Waals surface area contributed by atoms with E-state index in [0.717, 1.165) is 4.90 Å². The first-order chi connectivity index (χ1) is 7.25. The van der Waals surface area contributed by atoms with E-state index < -0.39 is 0 Å². The predicted molar refractivity (Wildman–Crippen MR) is 57.0 cm³/mol. The Morgan fingerprint density at radius 3 is 3.13 bits per heavy atom. The summed E-state index contributed by atoms with van der Waals surface area (Å²) < 4.78 is 4.53. The van der Waals surface area contributed by atoms with Crippen molar-refractivity contribution < 1.29 is 9.32 Å². The van der Waals surface area contributed by atoms with E-state index in [4.69, 9.17) is 0 Å². The average molecular weight is 241 g/mol. The minimum atomic E-state index is -0.162. The first-order valence-corrected chi connectivity index (χ1v) is 5.39. The Hall–Kier alpha value is -1.34. The lowest BCUT2D eigenvalue weighted by atomic mass is 10.4. The molecule has 0 aliphatic rings. The summed E-state index contributed by atoms with van der Waals surface area (Å²) in [6, 6.07) is 1.71. The molecule has 0 radical (unpaired) electrons. The molecule has 0 fully saturated rings. The fraction of sp³-hybridized carbons (Fsp3) is 0.125. The lowest BCUT2D eigenvalue weighted by molar-refractivity contribution is 0.0953. The number of carbonyl (C=O) groups excluding carboxylic acids is 1. The molecule has 1 amide bonds. The molecule has 0 saturated carbocycles. The van der Waals surface area contributed by atoms with E-state index in [9.17, 15) is 4.79 Å². The van der Waals surface area contributed by atoms with E-state index in [-0.39, 0.29) is 12.5 Å². The SMILES string of the molecule is O=C(NCc1ncon1)c1cc(S)cs1. The minimum absolute atomic E-state index is 0.162. The molecule has 15 heavy (non-hydrogen) atoms. The van der Waals surface area contributed by atoms with Crippen LogP contribution in [0.4, 0.5) is 0 Å². The lowest BCUT2D eigenvalue weighted by Gasteiger charge is -1.98. The number of aromatic nitrogens is 2. The summed E-state index contributed by atoms with van der Waals surface area (Å²) >= 11 is 5.46. The van der Waals surface area contributed by atoms with Crippen molar-refractivity contribution in [1.82, 2.24) is 15.5 Å². The second-order valence-electron chi connectivity index (χ2n) is 2.70. The largest absolute Gasteiger partial charge is 0.344 e. The van der Waals surface area contributed by atoms with Gasteiger partial charge in [-0.3, -0.25) is 4.79 Å². The molecule has 0 aliphatic carbocycles. The fourth-order valence-corrected chi connectivity index (χ4v) is 2.03. The average Bonchev–Trinajstić information content (AvgIpc) is 2.84. The molecule has 1 N–H and O–H groups in total. The molecule has 0 aliphatic heterocycles. The Bertz CT molecular complexity index is 452. The molecular formula is C8H7N3O2S2. The second-order valence-corrected chi connectivity index (χ2v) is 4.13. The number of hydrogen-bond donors (Lipinski definition) is 2. The maximum absolute atomic E-state index is 11.5. The highest BCUT2D eigenvalue weighted by atomic mass is 32.1. The molecule has 0 unspecified atom stereocenters. The van der Waals surface area contributed by atoms with Crippen molar-refractivity contribution in [2.75, 3.05) is 0 Å². The maximum atomic E-state index is 11.5. The highest BCUT2D eigenvalue weighted by molar-refractivity contribution is 7.80. The number of hydrogen-bond acceptors (Lipinski definition) is 6. The Morgan fingerprint density at radius 2 is 2.53 bits per heavy atom. The highest BCUT2D eigenvalue weighted by Crippen LogP contribution is 2.17. The molecule has 78 valence electrons. The zero-order valence-electron chi connectivity index (χ0n) is 7.51. The Labute approximate surface area is 94.9 Å². The van der Waals surface area contributed by atoms with Gasteiger partial charge in [0.15, 0.2) is 5.82 Å². The van der Waals surface area contributed by atoms with Gasteiger partial charge in [0.1, 0.15) is 0 Å². The molecule has 0 saturated heterocycles. The molecule has 0 atom stereocenters. The fourth-order valence-electron chi connectivity index (χ4n) is 0.962. The van der Waals surface area contributed by atoms with Gasteiger partial charge < -0.3 is 9.84 Å². The number of carbonyl (C=O) groups is 1. The highest BCUT2D eigenvalue weighted by Gasteiger charge is 2.08. The van der Waals surface area contributed by atoms with Gasteiger partial charge >= 0.3 is 0 Å². The summed E-state index contributed by atoms with van der Waals surface area (Å²) in [6.07, 6.45) is 1.22. The third-order valence-electron chi connectivity index (χ3n) is 1.62. The molecule has 5 nitrogen and oxygen atoms in total. The van der Waals surface area contributed by atoms with Gasteiger partial charge in [-0.25, -0.2) is 0 Å². The van der Waals surface area contributed by atoms with Crippen LogP contribution in [0, 0.1) is 0 Å². The van der Waals surface area contributed by atoms with Crippen LogP contribution in [-0.4, -0.2) is 16.0 Å². The molecule has 0 bridgehead atoms. The number of thiophene rings is 1. The molecule has 0 aromatic carbocycles. The zero-order chi connectivity index (χ0) is 10.7. The van der Waals surface area contributed by atoms with Crippen LogP contribution in [0.5, 0.6) is 0 Å². The number of rotatable bonds is 3. The predicted octanol–water partition coefficient (Wildman–Crippen LogP) is 1.35. The van der Waals surface area contributed by atoms with Crippen molar-refractivity contribution in [3.8, 4) is 0 Å². The van der Waals surface area contributed by atoms with Crippen LogP contribution in [-0.2, 0) is 6.54 Å². The first-order valence-electron chi connectivity index (χ1n) is 4.06. The Morgan fingerprint density at radius 1 is 1.67 bits per heavy atom. The molecule has 7 heteroatoms. The standard InChI is InChI=1S/C8H7N3O2S2/c12-8(6-1-5(14)3-15-6)9-2-7-10-4-13-11-7/h1,3-4,14H,2H2,(H,9,12). The van der Waals surface area contributed by atoms with Crippen LogP contribution in [0.25, 0.3) is 0 Å². The third-order valence-corrected chi connectivity index (χ3v) is 2.99. The van der Waals surface area contributed by atoms with Crippen molar-refractivity contribution in [3.63, 3.8) is 0 Å². The molecule has 2 rings (SSSR count). The zero-order valence-corrected chi connectivity index (χ0v) is 9.22. The summed E-state index contributed by atoms with van der Waals surface area (Å²) in [5.41, 5.74) is 0. The summed E-state index contributed by atoms with van der Waals surface area (Å²) in [7, 11) is 0. The topological polar surface area (TPSA) is 68.0 Å². The number of nitrogens with zero attached hydrogens (tertiary/aromatic N) is 2. The van der Waals surface area contributed by atoms with Crippen LogP contribution < -0.4 is 5.32 Å². The van der Waals surface area contributed by atoms with Gasteiger partial charge in [-0.05, 0) is 6.07 Å². The second kappa shape index (κ2) is 4.45. The van der Waals surface area contributed by atoms with E-state index in [1.165, 1.54) is 17.7 Å². The summed E-state index contributed by atoms with van der Waals surface area (Å²) in [6.45, 7) is 0.259. The number of thiol groups is 1. The van der Waals surface area contributed by atoms with E-state index in [0.29, 0.717) is 10.7 Å². The van der Waals surface area contributed by atoms with Gasteiger partial charge in [-0.2, -0.15) is 4.98 Å². The van der Waals surface area contributed by atoms with Crippen LogP contribution in [0.1, 0.15) is 15.5 Å². The molecule has 0 spiro atoms. The third kappa shape index (κ3) is 2.57. The van der Waals surface area contributed by atoms with Gasteiger partial charge in [0.2, 0.25) is 6.39 Å². The smallest absolute Gasteiger partial charge is 0.261 e. The van der Waals surface area contributed by atoms with Gasteiger partial charge in [-0.15, -0.1) is 24.0 Å². The van der Waals surface area contributed by atoms with Gasteiger partial charge in [0.05, 0.1) is 11.4 Å². The molecule has 2 aromatic rings. The van der Waals surface area contributed by atoms with Crippen molar-refractivity contribution in [2.24, 2.45) is 0 Å². The molecule has 2 aromatic heterocycles. The van der Waals surface area contributed by atoms with Crippen molar-refractivity contribution in [2.45, 2.75) is 11.4 Å². The van der Waals surface area contributed by atoms with Crippen molar-refractivity contribution in [1.29, 1.82) is 0 Å². The summed E-state index contributed by atoms with van der Waals surface area (Å²) in [4.78, 5) is 16.7. The molecular weight excluding hydrogens is 234 g/mol. The van der Waals surface area contributed by atoms with Gasteiger partial charge in [0.25, 0.3) is 5.91 Å².